The van der Waals surface area contributed by atoms with Gasteiger partial charge in [-0.05, 0) is 18.2 Å². The van der Waals surface area contributed by atoms with E-state index in [1.54, 1.807) is 6.07 Å². The summed E-state index contributed by atoms with van der Waals surface area (Å²) in [6.07, 6.45) is 0. The van der Waals surface area contributed by atoms with Crippen LogP contribution in [0.4, 0.5) is 5.69 Å². The van der Waals surface area contributed by atoms with E-state index in [9.17, 15) is 17.8 Å². The molecular formula is C9H9INNaO4S. The monoisotopic (exact) mass is 377 g/mol. The SMILES string of the molecule is CN(C(=O)CI)c1cccc(S(=O)(=O)[O-])c1.[Na+]. The Kier molecular flexibility index (Phi) is 7.19. The number of carbonyl (C=O) groups is 1. The third kappa shape index (κ3) is 4.84. The van der Waals surface area contributed by atoms with E-state index < -0.39 is 10.1 Å². The predicted molar refractivity (Wildman–Crippen MR) is 66.7 cm³/mol. The van der Waals surface area contributed by atoms with Crippen LogP contribution in [0.5, 0.6) is 0 Å². The van der Waals surface area contributed by atoms with E-state index in [1.807, 2.05) is 22.6 Å². The first-order chi connectivity index (χ1) is 7.36. The summed E-state index contributed by atoms with van der Waals surface area (Å²) in [6, 6.07) is 5.39. The van der Waals surface area contributed by atoms with Crippen LogP contribution in [0.25, 0.3) is 0 Å². The Bertz CT molecular complexity index is 505. The number of hydrogen-bond acceptors (Lipinski definition) is 4. The molecular weight excluding hydrogens is 368 g/mol. The quantitative estimate of drug-likeness (QED) is 0.264. The van der Waals surface area contributed by atoms with Crippen LogP contribution in [-0.4, -0.2) is 30.4 Å². The van der Waals surface area contributed by atoms with Gasteiger partial charge in [-0.25, -0.2) is 8.42 Å². The molecule has 0 aliphatic carbocycles. The number of rotatable bonds is 3. The van der Waals surface area contributed by atoms with Crippen molar-refractivity contribution in [1.82, 2.24) is 0 Å². The summed E-state index contributed by atoms with van der Waals surface area (Å²) >= 11 is 1.91. The summed E-state index contributed by atoms with van der Waals surface area (Å²) < 4.78 is 32.6. The second-order valence-electron chi connectivity index (χ2n) is 3.04. The number of alkyl halides is 1. The van der Waals surface area contributed by atoms with Gasteiger partial charge in [-0.1, -0.05) is 28.7 Å². The fourth-order valence-corrected chi connectivity index (χ4v) is 2.10. The summed E-state index contributed by atoms with van der Waals surface area (Å²) in [5.41, 5.74) is 0.388. The summed E-state index contributed by atoms with van der Waals surface area (Å²) in [7, 11) is -2.96. The molecule has 0 aliphatic heterocycles. The van der Waals surface area contributed by atoms with E-state index in [1.165, 1.54) is 30.1 Å². The maximum Gasteiger partial charge on any atom is 1.00 e. The van der Waals surface area contributed by atoms with Gasteiger partial charge in [0, 0.05) is 12.7 Å². The Morgan fingerprint density at radius 2 is 2.06 bits per heavy atom. The molecule has 0 saturated heterocycles. The van der Waals surface area contributed by atoms with E-state index in [2.05, 4.69) is 0 Å². The minimum absolute atomic E-state index is 0. The maximum atomic E-state index is 11.4. The van der Waals surface area contributed by atoms with Crippen LogP contribution in [-0.2, 0) is 14.9 Å². The average molecular weight is 377 g/mol. The van der Waals surface area contributed by atoms with Gasteiger partial charge in [0.2, 0.25) is 5.91 Å². The van der Waals surface area contributed by atoms with Crippen molar-refractivity contribution in [2.75, 3.05) is 16.4 Å². The first-order valence-electron chi connectivity index (χ1n) is 4.24. The standard InChI is InChI=1S/C9H10INO4S.Na/c1-11(9(12)6-10)7-3-2-4-8(5-7)16(13,14)15;/h2-5H,6H2,1H3,(H,13,14,15);/q;+1/p-1. The number of hydrogen-bond donors (Lipinski definition) is 0. The molecule has 0 aliphatic rings. The van der Waals surface area contributed by atoms with Crippen LogP contribution < -0.4 is 34.5 Å². The topological polar surface area (TPSA) is 77.5 Å². The van der Waals surface area contributed by atoms with Gasteiger partial charge in [-0.2, -0.15) is 0 Å². The van der Waals surface area contributed by atoms with Gasteiger partial charge in [-0.15, -0.1) is 0 Å². The van der Waals surface area contributed by atoms with E-state index in [-0.39, 0.29) is 44.8 Å². The van der Waals surface area contributed by atoms with Gasteiger partial charge in [0.25, 0.3) is 0 Å². The number of amides is 1. The molecule has 0 fully saturated rings. The second-order valence-corrected chi connectivity index (χ2v) is 5.18. The Morgan fingerprint density at radius 1 is 1.47 bits per heavy atom. The second kappa shape index (κ2) is 7.05. The first kappa shape index (κ1) is 17.3. The number of nitrogens with zero attached hydrogens (tertiary/aromatic N) is 1. The molecule has 17 heavy (non-hydrogen) atoms. The van der Waals surface area contributed by atoms with Gasteiger partial charge < -0.3 is 9.45 Å². The van der Waals surface area contributed by atoms with Crippen LogP contribution in [0.1, 0.15) is 0 Å². The Balaban J connectivity index is 0.00000256. The average Bonchev–Trinajstić information content (AvgIpc) is 2.26. The van der Waals surface area contributed by atoms with Gasteiger partial charge in [0.1, 0.15) is 10.1 Å². The summed E-state index contributed by atoms with van der Waals surface area (Å²) in [5.74, 6) is -0.166. The van der Waals surface area contributed by atoms with Crippen molar-refractivity contribution in [2.45, 2.75) is 4.90 Å². The molecule has 0 unspecified atom stereocenters. The first-order valence-corrected chi connectivity index (χ1v) is 7.18. The molecule has 0 heterocycles. The Labute approximate surface area is 136 Å². The number of benzene rings is 1. The fraction of sp³-hybridized carbons (Fsp3) is 0.222. The van der Waals surface area contributed by atoms with Crippen LogP contribution >= 0.6 is 22.6 Å². The van der Waals surface area contributed by atoms with Crippen LogP contribution in [0.3, 0.4) is 0 Å². The van der Waals surface area contributed by atoms with Crippen molar-refractivity contribution in [1.29, 1.82) is 0 Å². The summed E-state index contributed by atoms with van der Waals surface area (Å²) in [6.45, 7) is 0. The van der Waals surface area contributed by atoms with E-state index >= 15 is 0 Å². The minimum Gasteiger partial charge on any atom is -0.744 e. The van der Waals surface area contributed by atoms with Crippen LogP contribution in [0, 0.1) is 0 Å². The zero-order valence-electron chi connectivity index (χ0n) is 9.38. The maximum absolute atomic E-state index is 11.4. The van der Waals surface area contributed by atoms with Crippen LogP contribution in [0.15, 0.2) is 29.2 Å². The van der Waals surface area contributed by atoms with Crippen LogP contribution in [0.2, 0.25) is 0 Å². The molecule has 88 valence electrons. The van der Waals surface area contributed by atoms with Gasteiger partial charge in [-0.3, -0.25) is 4.79 Å². The molecule has 0 radical (unpaired) electrons. The largest absolute Gasteiger partial charge is 1.00 e. The molecule has 5 nitrogen and oxygen atoms in total. The number of anilines is 1. The molecule has 0 saturated carbocycles. The Morgan fingerprint density at radius 3 is 2.53 bits per heavy atom. The molecule has 8 heteroatoms. The van der Waals surface area contributed by atoms with Crippen molar-refractivity contribution in [2.24, 2.45) is 0 Å². The third-order valence-corrected chi connectivity index (χ3v) is 3.47. The van der Waals surface area contributed by atoms with E-state index in [0.29, 0.717) is 5.69 Å². The van der Waals surface area contributed by atoms with Crippen molar-refractivity contribution >= 4 is 44.3 Å². The van der Waals surface area contributed by atoms with Crippen molar-refractivity contribution in [3.63, 3.8) is 0 Å². The molecule has 1 aromatic rings. The van der Waals surface area contributed by atoms with Gasteiger partial charge in [0.15, 0.2) is 0 Å². The zero-order valence-corrected chi connectivity index (χ0v) is 14.4. The molecule has 0 atom stereocenters. The minimum atomic E-state index is -4.48. The molecule has 1 aromatic carbocycles. The molecule has 1 rings (SSSR count). The summed E-state index contributed by atoms with van der Waals surface area (Å²) in [4.78, 5) is 12.3. The molecule has 1 amide bonds. The predicted octanol–water partition coefficient (Wildman–Crippen LogP) is -2.01. The van der Waals surface area contributed by atoms with Crippen molar-refractivity contribution in [3.05, 3.63) is 24.3 Å². The normalized spacial score (nSPS) is 10.5. The molecule has 0 aromatic heterocycles. The molecule has 0 N–H and O–H groups in total. The number of carbonyl (C=O) groups excluding carboxylic acids is 1. The molecule has 0 bridgehead atoms. The fourth-order valence-electron chi connectivity index (χ4n) is 1.08. The van der Waals surface area contributed by atoms with Crippen molar-refractivity contribution in [3.8, 4) is 0 Å². The smallest absolute Gasteiger partial charge is 0.744 e. The Hall–Kier alpha value is 0.330. The number of halogens is 1. The van der Waals surface area contributed by atoms with Gasteiger partial charge >= 0.3 is 29.6 Å². The van der Waals surface area contributed by atoms with E-state index in [4.69, 9.17) is 0 Å². The summed E-state index contributed by atoms with van der Waals surface area (Å²) in [5, 5.41) is 0. The molecule has 0 spiro atoms. The van der Waals surface area contributed by atoms with E-state index in [0.717, 1.165) is 0 Å². The van der Waals surface area contributed by atoms with Gasteiger partial charge in [0.05, 0.1) is 9.32 Å². The zero-order chi connectivity index (χ0) is 12.3. The van der Waals surface area contributed by atoms with Crippen molar-refractivity contribution < 1.29 is 47.3 Å². The third-order valence-electron chi connectivity index (χ3n) is 1.98.